The highest BCUT2D eigenvalue weighted by Gasteiger charge is 2.31. The van der Waals surface area contributed by atoms with Gasteiger partial charge in [-0.25, -0.2) is 9.59 Å². The summed E-state index contributed by atoms with van der Waals surface area (Å²) in [6.07, 6.45) is 7.89. The van der Waals surface area contributed by atoms with Gasteiger partial charge in [0.15, 0.2) is 0 Å². The fraction of sp³-hybridized carbons (Fsp3) is 0.448. The van der Waals surface area contributed by atoms with Gasteiger partial charge in [0.25, 0.3) is 0 Å². The van der Waals surface area contributed by atoms with Gasteiger partial charge in [0, 0.05) is 5.39 Å². The molecule has 0 amide bonds. The van der Waals surface area contributed by atoms with Crippen LogP contribution < -0.4 is 15.1 Å². The van der Waals surface area contributed by atoms with Crippen LogP contribution in [0.25, 0.3) is 11.0 Å². The number of benzene rings is 2. The first kappa shape index (κ1) is 28.3. The summed E-state index contributed by atoms with van der Waals surface area (Å²) in [5.41, 5.74) is -2.70. The van der Waals surface area contributed by atoms with Gasteiger partial charge in [0.05, 0.1) is 12.2 Å². The molecule has 0 aliphatic heterocycles. The highest BCUT2D eigenvalue weighted by molar-refractivity contribution is 5.94. The predicted molar refractivity (Wildman–Crippen MR) is 136 cm³/mol. The maximum atomic E-state index is 12.9. The molecule has 8 heteroatoms. The van der Waals surface area contributed by atoms with Crippen molar-refractivity contribution in [2.75, 3.05) is 6.61 Å². The molecule has 0 spiro atoms. The number of alkyl halides is 3. The van der Waals surface area contributed by atoms with E-state index < -0.39 is 28.9 Å². The lowest BCUT2D eigenvalue weighted by atomic mass is 10.1. The summed E-state index contributed by atoms with van der Waals surface area (Å²) < 4.78 is 54.5. The molecule has 0 bridgehead atoms. The molecule has 2 aromatic carbocycles. The van der Waals surface area contributed by atoms with Crippen molar-refractivity contribution in [2.24, 2.45) is 0 Å². The number of fused-ring (bicyclic) bond motifs is 1. The van der Waals surface area contributed by atoms with Crippen LogP contribution in [-0.4, -0.2) is 12.6 Å². The molecule has 0 aliphatic carbocycles. The summed E-state index contributed by atoms with van der Waals surface area (Å²) in [6, 6.07) is 10.3. The molecule has 1 aromatic heterocycles. The molecule has 3 rings (SSSR count). The van der Waals surface area contributed by atoms with Gasteiger partial charge in [-0.05, 0) is 48.9 Å². The molecule has 3 aromatic rings. The molecule has 0 saturated heterocycles. The van der Waals surface area contributed by atoms with Crippen molar-refractivity contribution in [2.45, 2.75) is 77.3 Å². The van der Waals surface area contributed by atoms with Crippen LogP contribution in [0.15, 0.2) is 57.7 Å². The number of ether oxygens (including phenoxy) is 2. The molecule has 37 heavy (non-hydrogen) atoms. The summed E-state index contributed by atoms with van der Waals surface area (Å²) in [7, 11) is 0. The SMILES string of the molecule is CCCCCCCCCCCCOc1ccc(OC(=O)c2cc3ccc(C(F)(F)F)cc3oc2=O)cc1. The molecule has 0 aliphatic rings. The van der Waals surface area contributed by atoms with Crippen LogP contribution in [0, 0.1) is 0 Å². The van der Waals surface area contributed by atoms with Crippen molar-refractivity contribution >= 4 is 16.9 Å². The molecule has 1 heterocycles. The highest BCUT2D eigenvalue weighted by Crippen LogP contribution is 2.31. The second kappa shape index (κ2) is 13.9. The Kier molecular flexibility index (Phi) is 10.6. The summed E-state index contributed by atoms with van der Waals surface area (Å²) in [4.78, 5) is 24.7. The van der Waals surface area contributed by atoms with E-state index in [0.717, 1.165) is 37.1 Å². The van der Waals surface area contributed by atoms with Gasteiger partial charge in [-0.3, -0.25) is 0 Å². The van der Waals surface area contributed by atoms with E-state index in [2.05, 4.69) is 6.92 Å². The second-order valence-corrected chi connectivity index (χ2v) is 9.09. The summed E-state index contributed by atoms with van der Waals surface area (Å²) in [5, 5.41) is 0.176. The van der Waals surface area contributed by atoms with Gasteiger partial charge in [0.1, 0.15) is 22.6 Å². The molecule has 0 unspecified atom stereocenters. The van der Waals surface area contributed by atoms with E-state index in [1.54, 1.807) is 24.3 Å². The largest absolute Gasteiger partial charge is 0.494 e. The normalized spacial score (nSPS) is 11.6. The third-order valence-corrected chi connectivity index (χ3v) is 6.08. The number of carbonyl (C=O) groups excluding carboxylic acids is 1. The summed E-state index contributed by atoms with van der Waals surface area (Å²) in [6.45, 7) is 2.83. The minimum absolute atomic E-state index is 0.176. The number of esters is 1. The average Bonchev–Trinajstić information content (AvgIpc) is 2.87. The number of hydrogen-bond donors (Lipinski definition) is 0. The monoisotopic (exact) mass is 518 g/mol. The zero-order chi connectivity index (χ0) is 26.7. The van der Waals surface area contributed by atoms with E-state index in [1.165, 1.54) is 51.4 Å². The van der Waals surface area contributed by atoms with Gasteiger partial charge >= 0.3 is 17.8 Å². The van der Waals surface area contributed by atoms with Crippen LogP contribution in [0.4, 0.5) is 13.2 Å². The van der Waals surface area contributed by atoms with Crippen molar-refractivity contribution in [3.05, 3.63) is 70.1 Å². The smallest absolute Gasteiger partial charge is 0.416 e. The van der Waals surface area contributed by atoms with Gasteiger partial charge in [-0.1, -0.05) is 70.8 Å². The summed E-state index contributed by atoms with van der Waals surface area (Å²) in [5.74, 6) is -0.126. The predicted octanol–water partition coefficient (Wildman–Crippen LogP) is 8.33. The number of carbonyl (C=O) groups is 1. The van der Waals surface area contributed by atoms with Gasteiger partial charge < -0.3 is 13.9 Å². The Balaban J connectivity index is 1.43. The zero-order valence-electron chi connectivity index (χ0n) is 21.1. The molecular weight excluding hydrogens is 485 g/mol. The van der Waals surface area contributed by atoms with E-state index in [1.807, 2.05) is 0 Å². The van der Waals surface area contributed by atoms with Gasteiger partial charge in [-0.15, -0.1) is 0 Å². The second-order valence-electron chi connectivity index (χ2n) is 9.09. The van der Waals surface area contributed by atoms with Crippen LogP contribution in [0.2, 0.25) is 0 Å². The quantitative estimate of drug-likeness (QED) is 0.0929. The van der Waals surface area contributed by atoms with E-state index >= 15 is 0 Å². The highest BCUT2D eigenvalue weighted by atomic mass is 19.4. The van der Waals surface area contributed by atoms with E-state index in [0.29, 0.717) is 12.4 Å². The van der Waals surface area contributed by atoms with Gasteiger partial charge in [-0.2, -0.15) is 13.2 Å². The fourth-order valence-electron chi connectivity index (χ4n) is 3.98. The minimum Gasteiger partial charge on any atom is -0.494 e. The van der Waals surface area contributed by atoms with Crippen molar-refractivity contribution in [3.63, 3.8) is 0 Å². The molecule has 0 saturated carbocycles. The van der Waals surface area contributed by atoms with E-state index in [-0.39, 0.29) is 16.7 Å². The topological polar surface area (TPSA) is 65.7 Å². The first-order valence-corrected chi connectivity index (χ1v) is 12.9. The number of unbranched alkanes of at least 4 members (excludes halogenated alkanes) is 9. The Morgan fingerprint density at radius 1 is 0.811 bits per heavy atom. The van der Waals surface area contributed by atoms with Crippen molar-refractivity contribution in [1.29, 1.82) is 0 Å². The lowest BCUT2D eigenvalue weighted by Crippen LogP contribution is -2.18. The van der Waals surface area contributed by atoms with Crippen LogP contribution in [0.1, 0.15) is 87.1 Å². The average molecular weight is 519 g/mol. The van der Waals surface area contributed by atoms with Crippen LogP contribution in [0.5, 0.6) is 11.5 Å². The Bertz CT molecular complexity index is 1200. The number of hydrogen-bond acceptors (Lipinski definition) is 5. The zero-order valence-corrected chi connectivity index (χ0v) is 21.1. The standard InChI is InChI=1S/C29H33F3O5/c1-2-3-4-5-6-7-8-9-10-11-18-35-23-14-16-24(17-15-23)36-27(33)25-19-21-12-13-22(29(30,31)32)20-26(21)37-28(25)34/h12-17,19-20H,2-11,18H2,1H3. The number of rotatable bonds is 14. The maximum Gasteiger partial charge on any atom is 0.416 e. The van der Waals surface area contributed by atoms with Crippen molar-refractivity contribution in [1.82, 2.24) is 0 Å². The minimum atomic E-state index is -4.58. The Morgan fingerprint density at radius 2 is 1.41 bits per heavy atom. The Hall–Kier alpha value is -3.29. The molecule has 0 atom stereocenters. The third kappa shape index (κ3) is 8.95. The maximum absolute atomic E-state index is 12.9. The van der Waals surface area contributed by atoms with Crippen LogP contribution in [-0.2, 0) is 6.18 Å². The molecule has 200 valence electrons. The Morgan fingerprint density at radius 3 is 2.03 bits per heavy atom. The first-order valence-electron chi connectivity index (χ1n) is 12.9. The summed E-state index contributed by atoms with van der Waals surface area (Å²) >= 11 is 0. The third-order valence-electron chi connectivity index (χ3n) is 6.08. The number of halogens is 3. The molecule has 0 radical (unpaired) electrons. The lowest BCUT2D eigenvalue weighted by molar-refractivity contribution is -0.137. The first-order chi connectivity index (χ1) is 17.8. The molecule has 0 N–H and O–H groups in total. The molecule has 5 nitrogen and oxygen atoms in total. The lowest BCUT2D eigenvalue weighted by Gasteiger charge is -2.09. The van der Waals surface area contributed by atoms with Crippen molar-refractivity contribution < 1.29 is 31.9 Å². The van der Waals surface area contributed by atoms with E-state index in [9.17, 15) is 22.8 Å². The van der Waals surface area contributed by atoms with Crippen LogP contribution >= 0.6 is 0 Å². The van der Waals surface area contributed by atoms with E-state index in [4.69, 9.17) is 13.9 Å². The fourth-order valence-corrected chi connectivity index (χ4v) is 3.98. The molecular formula is C29H33F3O5. The van der Waals surface area contributed by atoms with Crippen molar-refractivity contribution in [3.8, 4) is 11.5 Å². The van der Waals surface area contributed by atoms with Gasteiger partial charge in [0.2, 0.25) is 0 Å². The molecule has 0 fully saturated rings. The Labute approximate surface area is 214 Å². The van der Waals surface area contributed by atoms with Crippen LogP contribution in [0.3, 0.4) is 0 Å².